The van der Waals surface area contributed by atoms with Crippen LogP contribution in [0.3, 0.4) is 0 Å². The molecule has 0 aliphatic rings. The number of aliphatic hydroxyl groups excluding tert-OH is 10. The predicted molar refractivity (Wildman–Crippen MR) is 82.2 cm³/mol. The van der Waals surface area contributed by atoms with Crippen molar-refractivity contribution in [3.63, 3.8) is 0 Å². The Balaban J connectivity index is 2.96. The van der Waals surface area contributed by atoms with E-state index in [0.29, 0.717) is 0 Å². The van der Waals surface area contributed by atoms with Gasteiger partial charge in [0.25, 0.3) is 0 Å². The van der Waals surface area contributed by atoms with E-state index >= 15 is 0 Å². The maximum Gasteiger partial charge on any atom is 0.126 e. The van der Waals surface area contributed by atoms with E-state index in [1.54, 1.807) is 0 Å². The van der Waals surface area contributed by atoms with Crippen molar-refractivity contribution in [1.82, 2.24) is 9.97 Å². The van der Waals surface area contributed by atoms with Gasteiger partial charge in [-0.2, -0.15) is 0 Å². The van der Waals surface area contributed by atoms with Gasteiger partial charge in [0.1, 0.15) is 48.8 Å². The van der Waals surface area contributed by atoms with Gasteiger partial charge in [0.05, 0.1) is 37.0 Å². The minimum Gasteiger partial charge on any atom is -0.394 e. The van der Waals surface area contributed by atoms with Gasteiger partial charge < -0.3 is 51.1 Å². The van der Waals surface area contributed by atoms with E-state index in [-0.39, 0.29) is 11.4 Å². The molecule has 1 aromatic rings. The highest BCUT2D eigenvalue weighted by Crippen LogP contribution is 2.22. The van der Waals surface area contributed by atoms with Gasteiger partial charge in [0.15, 0.2) is 0 Å². The van der Waals surface area contributed by atoms with E-state index < -0.39 is 62.0 Å². The molecule has 0 fully saturated rings. The molecule has 0 aliphatic carbocycles. The zero-order valence-electron chi connectivity index (χ0n) is 13.6. The molecule has 1 aromatic heterocycles. The standard InChI is InChI=1S/C14H24N2O10/c17-3-7(19)11(23)13(25)9(21)5-1-15-2-6(16-5)10(22)14(26)12(24)8(20)4-18/h1-2,7-14,17-26H,3-4H2/t7-,8-,9+,10+,11+,12+,13+,14+/m0/s1. The predicted octanol–water partition coefficient (Wildman–Crippen LogP) is -5.31. The molecule has 0 amide bonds. The van der Waals surface area contributed by atoms with Gasteiger partial charge in [-0.3, -0.25) is 4.98 Å². The van der Waals surface area contributed by atoms with Gasteiger partial charge in [-0.1, -0.05) is 0 Å². The third-order valence-corrected chi connectivity index (χ3v) is 3.79. The second-order valence-electron chi connectivity index (χ2n) is 5.72. The minimum atomic E-state index is -1.95. The van der Waals surface area contributed by atoms with E-state index in [1.807, 2.05) is 0 Å². The van der Waals surface area contributed by atoms with Crippen molar-refractivity contribution in [3.05, 3.63) is 23.8 Å². The molecule has 0 aromatic carbocycles. The third-order valence-electron chi connectivity index (χ3n) is 3.79. The van der Waals surface area contributed by atoms with Crippen LogP contribution in [0.25, 0.3) is 0 Å². The number of rotatable bonds is 10. The normalized spacial score (nSPS) is 21.3. The molecule has 0 saturated heterocycles. The molecule has 0 bridgehead atoms. The van der Waals surface area contributed by atoms with Crippen molar-refractivity contribution in [3.8, 4) is 0 Å². The first-order valence-corrected chi connectivity index (χ1v) is 7.63. The number of nitrogens with zero attached hydrogens (tertiary/aromatic N) is 2. The lowest BCUT2D eigenvalue weighted by Gasteiger charge is -2.27. The highest BCUT2D eigenvalue weighted by molar-refractivity contribution is 5.11. The second kappa shape index (κ2) is 10.1. The Bertz CT molecular complexity index is 507. The summed E-state index contributed by atoms with van der Waals surface area (Å²) in [5.41, 5.74) is -0.690. The van der Waals surface area contributed by atoms with Crippen molar-refractivity contribution >= 4 is 0 Å². The molecule has 26 heavy (non-hydrogen) atoms. The first-order chi connectivity index (χ1) is 12.1. The Morgan fingerprint density at radius 2 is 0.962 bits per heavy atom. The van der Waals surface area contributed by atoms with Gasteiger partial charge in [0, 0.05) is 0 Å². The van der Waals surface area contributed by atoms with Gasteiger partial charge in [-0.15, -0.1) is 0 Å². The quantitative estimate of drug-likeness (QED) is 0.183. The van der Waals surface area contributed by atoms with Crippen molar-refractivity contribution in [2.45, 2.75) is 48.8 Å². The molecule has 0 saturated carbocycles. The van der Waals surface area contributed by atoms with Gasteiger partial charge in [-0.05, 0) is 0 Å². The summed E-state index contributed by atoms with van der Waals surface area (Å²) >= 11 is 0. The van der Waals surface area contributed by atoms with E-state index in [9.17, 15) is 40.9 Å². The number of hydrogen-bond acceptors (Lipinski definition) is 12. The van der Waals surface area contributed by atoms with Crippen LogP contribution >= 0.6 is 0 Å². The smallest absolute Gasteiger partial charge is 0.126 e. The summed E-state index contributed by atoms with van der Waals surface area (Å²) in [5, 5.41) is 95.0. The fraction of sp³-hybridized carbons (Fsp3) is 0.714. The van der Waals surface area contributed by atoms with Crippen molar-refractivity contribution in [2.75, 3.05) is 13.2 Å². The lowest BCUT2D eigenvalue weighted by molar-refractivity contribution is -0.119. The first-order valence-electron chi connectivity index (χ1n) is 7.63. The average Bonchev–Trinajstić information content (AvgIpc) is 2.68. The molecule has 10 N–H and O–H groups in total. The van der Waals surface area contributed by atoms with Crippen molar-refractivity contribution in [1.29, 1.82) is 0 Å². The Labute approximate surface area is 147 Å². The molecule has 0 unspecified atom stereocenters. The van der Waals surface area contributed by atoms with Crippen molar-refractivity contribution < 1.29 is 51.1 Å². The highest BCUT2D eigenvalue weighted by Gasteiger charge is 2.34. The van der Waals surface area contributed by atoms with Crippen LogP contribution in [0.1, 0.15) is 23.6 Å². The van der Waals surface area contributed by atoms with Gasteiger partial charge >= 0.3 is 0 Å². The largest absolute Gasteiger partial charge is 0.394 e. The van der Waals surface area contributed by atoms with Crippen LogP contribution in [0.2, 0.25) is 0 Å². The molecule has 12 nitrogen and oxygen atoms in total. The summed E-state index contributed by atoms with van der Waals surface area (Å²) < 4.78 is 0. The maximum atomic E-state index is 10.0. The van der Waals surface area contributed by atoms with Crippen molar-refractivity contribution in [2.24, 2.45) is 0 Å². The average molecular weight is 380 g/mol. The van der Waals surface area contributed by atoms with Crippen LogP contribution in [0, 0.1) is 0 Å². The van der Waals surface area contributed by atoms with E-state index in [2.05, 4.69) is 9.97 Å². The summed E-state index contributed by atoms with van der Waals surface area (Å²) in [6.07, 6.45) is -12.9. The third kappa shape index (κ3) is 5.34. The van der Waals surface area contributed by atoms with Gasteiger partial charge in [-0.25, -0.2) is 4.98 Å². The second-order valence-corrected chi connectivity index (χ2v) is 5.72. The number of aliphatic hydroxyl groups is 10. The Hall–Kier alpha value is -1.32. The first kappa shape index (κ1) is 22.7. The monoisotopic (exact) mass is 380 g/mol. The molecule has 0 spiro atoms. The molecule has 0 aliphatic heterocycles. The van der Waals surface area contributed by atoms with E-state index in [1.165, 1.54) is 0 Å². The highest BCUT2D eigenvalue weighted by atomic mass is 16.4. The van der Waals surface area contributed by atoms with Crippen LogP contribution in [0.5, 0.6) is 0 Å². The Morgan fingerprint density at radius 3 is 1.27 bits per heavy atom. The van der Waals surface area contributed by atoms with Crippen LogP contribution in [-0.4, -0.2) is 111 Å². The van der Waals surface area contributed by atoms with Crippen LogP contribution < -0.4 is 0 Å². The summed E-state index contributed by atoms with van der Waals surface area (Å²) in [6, 6.07) is 0. The topological polar surface area (TPSA) is 228 Å². The molecule has 12 heteroatoms. The molecule has 1 heterocycles. The molecule has 1 rings (SSSR count). The Kier molecular flexibility index (Phi) is 8.85. The summed E-state index contributed by atoms with van der Waals surface area (Å²) in [6.45, 7) is -1.74. The molecular weight excluding hydrogens is 356 g/mol. The van der Waals surface area contributed by atoms with E-state index in [4.69, 9.17) is 10.2 Å². The van der Waals surface area contributed by atoms with Gasteiger partial charge in [0.2, 0.25) is 0 Å². The van der Waals surface area contributed by atoms with Crippen LogP contribution in [0.15, 0.2) is 12.4 Å². The van der Waals surface area contributed by atoms with Crippen LogP contribution in [0.4, 0.5) is 0 Å². The zero-order valence-corrected chi connectivity index (χ0v) is 13.6. The summed E-state index contributed by atoms with van der Waals surface area (Å²) in [7, 11) is 0. The van der Waals surface area contributed by atoms with E-state index in [0.717, 1.165) is 12.4 Å². The zero-order chi connectivity index (χ0) is 20.0. The summed E-state index contributed by atoms with van der Waals surface area (Å²) in [5.74, 6) is 0. The molecule has 0 radical (unpaired) electrons. The Morgan fingerprint density at radius 1 is 0.615 bits per heavy atom. The SMILES string of the molecule is OC[C@H](O)[C@@H](O)[C@H](O)[C@H](O)c1cncc([C@@H](O)[C@@H](O)[C@H](O)[C@@H](O)CO)n1. The maximum absolute atomic E-state index is 10.0. The number of aromatic nitrogens is 2. The molecule has 150 valence electrons. The fourth-order valence-electron chi connectivity index (χ4n) is 2.08. The fourth-order valence-corrected chi connectivity index (χ4v) is 2.08. The minimum absolute atomic E-state index is 0.345. The summed E-state index contributed by atoms with van der Waals surface area (Å²) in [4.78, 5) is 7.41. The lowest BCUT2D eigenvalue weighted by Crippen LogP contribution is -2.43. The van der Waals surface area contributed by atoms with Crippen LogP contribution in [-0.2, 0) is 0 Å². The molecule has 8 atom stereocenters. The number of hydrogen-bond donors (Lipinski definition) is 10. The molecular formula is C14H24N2O10. The lowest BCUT2D eigenvalue weighted by atomic mass is 10.00.